The highest BCUT2D eigenvalue weighted by atomic mass is 16.6. The van der Waals surface area contributed by atoms with Crippen molar-refractivity contribution in [2.75, 3.05) is 26.3 Å². The Balaban J connectivity index is 1.86. The van der Waals surface area contributed by atoms with Gasteiger partial charge in [0.1, 0.15) is 23.2 Å². The smallest absolute Gasteiger partial charge is 0.342 e. The van der Waals surface area contributed by atoms with Crippen molar-refractivity contribution < 1.29 is 34.1 Å². The molecule has 3 rings (SSSR count). The summed E-state index contributed by atoms with van der Waals surface area (Å²) in [5.41, 5.74) is 0.705. The summed E-state index contributed by atoms with van der Waals surface area (Å²) >= 11 is 0. The van der Waals surface area contributed by atoms with Crippen LogP contribution in [-0.2, 0) is 25.5 Å². The average molecular weight is 529 g/mol. The van der Waals surface area contributed by atoms with Crippen molar-refractivity contribution in [1.29, 1.82) is 0 Å². The van der Waals surface area contributed by atoms with Gasteiger partial charge < -0.3 is 29.4 Å². The topological polar surface area (TPSA) is 118 Å². The Hall–Kier alpha value is -3.33. The zero-order valence-electron chi connectivity index (χ0n) is 22.4. The van der Waals surface area contributed by atoms with Crippen LogP contribution in [0.5, 0.6) is 11.5 Å². The third-order valence-electron chi connectivity index (χ3n) is 6.47. The molecule has 1 fully saturated rings. The summed E-state index contributed by atoms with van der Waals surface area (Å²) in [7, 11) is 0. The van der Waals surface area contributed by atoms with Gasteiger partial charge in [-0.2, -0.15) is 0 Å². The van der Waals surface area contributed by atoms with Crippen LogP contribution in [0.15, 0.2) is 41.6 Å². The standard InChI is InChI=1S/C29H40N2O7/c1-3-4-16-36-25-12-8-10-21(2)38-29(35)28-22(18-24(32)19-26(28)33)17-23(11-9-13-25)30-37-20-27(34)31-14-6-5-7-15-31/h8-9,11-12,18-19,21,25,32-33H,3-7,10,13-17,20H2,1-2H3/b11-9+,12-8+,30-23+/t21-,25-/m1/s1. The number of benzene rings is 1. The lowest BCUT2D eigenvalue weighted by atomic mass is 9.99. The Morgan fingerprint density at radius 3 is 2.71 bits per heavy atom. The highest BCUT2D eigenvalue weighted by molar-refractivity contribution is 6.00. The fraction of sp³-hybridized carbons (Fsp3) is 0.552. The summed E-state index contributed by atoms with van der Waals surface area (Å²) in [5, 5.41) is 24.8. The van der Waals surface area contributed by atoms with Crippen molar-refractivity contribution in [2.45, 2.75) is 77.4 Å². The SMILES string of the molecule is CCCCO[C@@H]1/C=C/C[C@@H](C)OC(=O)c2c(O)cc(O)cc2CC(=N/OCC(=O)N2CCCCC2)/C=C/C1. The molecule has 0 aliphatic carbocycles. The number of likely N-dealkylation sites (tertiary alicyclic amines) is 1. The third kappa shape index (κ3) is 9.20. The average Bonchev–Trinajstić information content (AvgIpc) is 2.88. The summed E-state index contributed by atoms with van der Waals surface area (Å²) < 4.78 is 11.6. The summed E-state index contributed by atoms with van der Waals surface area (Å²) in [6, 6.07) is 2.50. The first kappa shape index (κ1) is 29.2. The number of unbranched alkanes of at least 4 members (excludes halogenated alkanes) is 1. The number of phenolic OH excluding ortho intramolecular Hbond substituents is 2. The lowest BCUT2D eigenvalue weighted by molar-refractivity contribution is -0.137. The van der Waals surface area contributed by atoms with Gasteiger partial charge in [-0.15, -0.1) is 0 Å². The van der Waals surface area contributed by atoms with Gasteiger partial charge in [0, 0.05) is 38.6 Å². The number of ether oxygens (including phenoxy) is 2. The molecule has 0 bridgehead atoms. The summed E-state index contributed by atoms with van der Waals surface area (Å²) in [4.78, 5) is 32.7. The van der Waals surface area contributed by atoms with E-state index in [-0.39, 0.29) is 42.1 Å². The first-order valence-electron chi connectivity index (χ1n) is 13.5. The molecule has 2 aliphatic rings. The fourth-order valence-corrected chi connectivity index (χ4v) is 4.40. The molecule has 2 heterocycles. The van der Waals surface area contributed by atoms with Crippen LogP contribution in [0, 0.1) is 0 Å². The van der Waals surface area contributed by atoms with E-state index >= 15 is 0 Å². The number of cyclic esters (lactones) is 1. The van der Waals surface area contributed by atoms with E-state index < -0.39 is 12.1 Å². The molecule has 9 heteroatoms. The van der Waals surface area contributed by atoms with Crippen LogP contribution in [0.1, 0.15) is 74.7 Å². The van der Waals surface area contributed by atoms with E-state index in [0.717, 1.165) is 51.3 Å². The van der Waals surface area contributed by atoms with Gasteiger partial charge in [0.15, 0.2) is 6.61 Å². The van der Waals surface area contributed by atoms with E-state index in [1.165, 1.54) is 6.07 Å². The van der Waals surface area contributed by atoms with Gasteiger partial charge in [0.2, 0.25) is 0 Å². The van der Waals surface area contributed by atoms with Gasteiger partial charge in [-0.1, -0.05) is 36.7 Å². The Morgan fingerprint density at radius 2 is 1.95 bits per heavy atom. The first-order chi connectivity index (χ1) is 18.4. The molecule has 208 valence electrons. The van der Waals surface area contributed by atoms with Gasteiger partial charge in [-0.25, -0.2) is 4.79 Å². The van der Waals surface area contributed by atoms with E-state index in [1.807, 2.05) is 18.2 Å². The minimum absolute atomic E-state index is 0.0399. The van der Waals surface area contributed by atoms with Gasteiger partial charge in [0.05, 0.1) is 11.8 Å². The van der Waals surface area contributed by atoms with Crippen LogP contribution < -0.4 is 0 Å². The fourth-order valence-electron chi connectivity index (χ4n) is 4.40. The van der Waals surface area contributed by atoms with Crippen LogP contribution in [-0.4, -0.2) is 71.2 Å². The molecular weight excluding hydrogens is 488 g/mol. The highest BCUT2D eigenvalue weighted by Gasteiger charge is 2.23. The minimum atomic E-state index is -0.698. The molecule has 0 saturated carbocycles. The highest BCUT2D eigenvalue weighted by Crippen LogP contribution is 2.29. The lowest BCUT2D eigenvalue weighted by Gasteiger charge is -2.26. The number of carbonyl (C=O) groups is 2. The van der Waals surface area contributed by atoms with Crippen LogP contribution in [0.3, 0.4) is 0 Å². The molecule has 0 radical (unpaired) electrons. The first-order valence-corrected chi connectivity index (χ1v) is 13.5. The number of carbonyl (C=O) groups excluding carboxylic acids is 2. The largest absolute Gasteiger partial charge is 0.508 e. The van der Waals surface area contributed by atoms with E-state index in [2.05, 4.69) is 12.1 Å². The number of aromatic hydroxyl groups is 2. The Kier molecular flexibility index (Phi) is 11.7. The Bertz CT molecular complexity index is 1030. The molecule has 1 saturated heterocycles. The number of amides is 1. The molecule has 38 heavy (non-hydrogen) atoms. The number of fused-ring (bicyclic) bond motifs is 1. The van der Waals surface area contributed by atoms with Gasteiger partial charge >= 0.3 is 5.97 Å². The number of allylic oxidation sites excluding steroid dienone is 1. The van der Waals surface area contributed by atoms with Crippen molar-refractivity contribution in [2.24, 2.45) is 5.16 Å². The Morgan fingerprint density at radius 1 is 1.16 bits per heavy atom. The molecule has 1 aromatic rings. The summed E-state index contributed by atoms with van der Waals surface area (Å²) in [6.07, 6.45) is 13.2. The number of hydrogen-bond acceptors (Lipinski definition) is 8. The number of piperidine rings is 1. The quantitative estimate of drug-likeness (QED) is 0.229. The molecule has 2 N–H and O–H groups in total. The van der Waals surface area contributed by atoms with Gasteiger partial charge in [-0.05, 0) is 56.7 Å². The number of nitrogens with zero attached hydrogens (tertiary/aromatic N) is 2. The predicted octanol–water partition coefficient (Wildman–Crippen LogP) is 4.66. The second-order valence-electron chi connectivity index (χ2n) is 9.75. The molecule has 0 spiro atoms. The summed E-state index contributed by atoms with van der Waals surface area (Å²) in [5.74, 6) is -1.40. The van der Waals surface area contributed by atoms with Crippen LogP contribution in [0.25, 0.3) is 0 Å². The normalized spacial score (nSPS) is 23.7. The van der Waals surface area contributed by atoms with Crippen molar-refractivity contribution in [1.82, 2.24) is 4.90 Å². The molecule has 1 amide bonds. The molecule has 0 aromatic heterocycles. The van der Waals surface area contributed by atoms with E-state index in [9.17, 15) is 19.8 Å². The zero-order valence-corrected chi connectivity index (χ0v) is 22.4. The van der Waals surface area contributed by atoms with E-state index in [4.69, 9.17) is 14.3 Å². The van der Waals surface area contributed by atoms with Crippen molar-refractivity contribution in [3.63, 3.8) is 0 Å². The maximum Gasteiger partial charge on any atom is 0.342 e. The van der Waals surface area contributed by atoms with Crippen molar-refractivity contribution in [3.8, 4) is 11.5 Å². The Labute approximate surface area is 224 Å². The molecular formula is C29H40N2O7. The minimum Gasteiger partial charge on any atom is -0.508 e. The summed E-state index contributed by atoms with van der Waals surface area (Å²) in [6.45, 7) is 5.77. The maximum atomic E-state index is 13.0. The maximum absolute atomic E-state index is 13.0. The number of phenols is 2. The lowest BCUT2D eigenvalue weighted by Crippen LogP contribution is -2.37. The number of oxime groups is 1. The van der Waals surface area contributed by atoms with Crippen LogP contribution in [0.4, 0.5) is 0 Å². The third-order valence-corrected chi connectivity index (χ3v) is 6.47. The zero-order chi connectivity index (χ0) is 27.3. The molecule has 1 aromatic carbocycles. The van der Waals surface area contributed by atoms with Crippen molar-refractivity contribution in [3.05, 3.63) is 47.6 Å². The van der Waals surface area contributed by atoms with Crippen LogP contribution >= 0.6 is 0 Å². The number of hydrogen-bond donors (Lipinski definition) is 2. The second-order valence-corrected chi connectivity index (χ2v) is 9.75. The van der Waals surface area contributed by atoms with Crippen LogP contribution in [0.2, 0.25) is 0 Å². The van der Waals surface area contributed by atoms with E-state index in [1.54, 1.807) is 17.9 Å². The molecule has 2 atom stereocenters. The van der Waals surface area contributed by atoms with Gasteiger partial charge in [-0.3, -0.25) is 4.79 Å². The van der Waals surface area contributed by atoms with Gasteiger partial charge in [0.25, 0.3) is 5.91 Å². The second kappa shape index (κ2) is 15.2. The predicted molar refractivity (Wildman–Crippen MR) is 144 cm³/mol. The monoisotopic (exact) mass is 528 g/mol. The number of esters is 1. The van der Waals surface area contributed by atoms with Crippen molar-refractivity contribution >= 4 is 17.6 Å². The molecule has 9 nitrogen and oxygen atoms in total. The molecule has 2 aliphatic heterocycles. The number of rotatable bonds is 7. The molecule has 0 unspecified atom stereocenters. The van der Waals surface area contributed by atoms with E-state index in [0.29, 0.717) is 30.7 Å².